The topological polar surface area (TPSA) is 94.4 Å². The molecule has 0 heterocycles. The first-order valence-corrected chi connectivity index (χ1v) is 9.13. The predicted octanol–water partition coefficient (Wildman–Crippen LogP) is 4.82. The maximum absolute atomic E-state index is 12.9. The molecule has 0 spiro atoms. The summed E-state index contributed by atoms with van der Waals surface area (Å²) in [7, 11) is 0. The zero-order valence-electron chi connectivity index (χ0n) is 16.8. The molecule has 0 saturated carbocycles. The molecule has 0 radical (unpaired) electrons. The van der Waals surface area contributed by atoms with E-state index < -0.39 is 29.5 Å². The van der Waals surface area contributed by atoms with Crippen LogP contribution < -0.4 is 10.8 Å². The van der Waals surface area contributed by atoms with Gasteiger partial charge < -0.3 is 10.1 Å². The molecule has 2 aromatic rings. The third-order valence-corrected chi connectivity index (χ3v) is 4.11. The lowest BCUT2D eigenvalue weighted by Crippen LogP contribution is -2.41. The maximum atomic E-state index is 12.9. The van der Waals surface area contributed by atoms with Crippen LogP contribution in [0.4, 0.5) is 18.0 Å². The number of hydroxylamine groups is 1. The van der Waals surface area contributed by atoms with Gasteiger partial charge in [0.15, 0.2) is 0 Å². The molecule has 1 atom stereocenters. The lowest BCUT2D eigenvalue weighted by molar-refractivity contribution is -0.137. The highest BCUT2D eigenvalue weighted by Crippen LogP contribution is 2.31. The number of ether oxygens (including phenoxy) is 1. The molecular weight excluding hydrogens is 399 g/mol. The fourth-order valence-corrected chi connectivity index (χ4v) is 2.67. The van der Waals surface area contributed by atoms with Crippen molar-refractivity contribution in [3.63, 3.8) is 0 Å². The first-order valence-electron chi connectivity index (χ1n) is 9.13. The van der Waals surface area contributed by atoms with Crippen molar-refractivity contribution in [1.29, 1.82) is 5.41 Å². The Morgan fingerprint density at radius 1 is 1.07 bits per heavy atom. The number of hydrogen-bond acceptors (Lipinski definition) is 4. The molecular formula is C21H24F3N3O3. The number of alkyl carbamates (subject to hydrolysis) is 1. The van der Waals surface area contributed by atoms with E-state index in [1.165, 1.54) is 12.1 Å². The van der Waals surface area contributed by atoms with Gasteiger partial charge >= 0.3 is 12.3 Å². The molecule has 162 valence electrons. The van der Waals surface area contributed by atoms with Gasteiger partial charge in [-0.25, -0.2) is 4.79 Å². The number of alkyl halides is 3. The van der Waals surface area contributed by atoms with E-state index in [2.05, 4.69) is 5.32 Å². The number of benzene rings is 2. The minimum atomic E-state index is -4.46. The van der Waals surface area contributed by atoms with Crippen LogP contribution in [0, 0.1) is 5.41 Å². The molecule has 0 fully saturated rings. The Morgan fingerprint density at radius 3 is 2.10 bits per heavy atom. The van der Waals surface area contributed by atoms with Gasteiger partial charge in [0.2, 0.25) is 0 Å². The summed E-state index contributed by atoms with van der Waals surface area (Å²) >= 11 is 0. The molecule has 4 N–H and O–H groups in total. The van der Waals surface area contributed by atoms with Crippen molar-refractivity contribution in [3.8, 4) is 0 Å². The van der Waals surface area contributed by atoms with Crippen molar-refractivity contribution >= 4 is 11.9 Å². The van der Waals surface area contributed by atoms with Gasteiger partial charge in [-0.3, -0.25) is 16.1 Å². The normalized spacial score (nSPS) is 12.8. The van der Waals surface area contributed by atoms with Crippen LogP contribution in [0.2, 0.25) is 0 Å². The third-order valence-electron chi connectivity index (χ3n) is 4.11. The number of amidine groups is 1. The van der Waals surface area contributed by atoms with Crippen molar-refractivity contribution in [2.75, 3.05) is 0 Å². The summed E-state index contributed by atoms with van der Waals surface area (Å²) < 4.78 is 44.1. The van der Waals surface area contributed by atoms with Crippen LogP contribution >= 0.6 is 0 Å². The van der Waals surface area contributed by atoms with Gasteiger partial charge in [-0.1, -0.05) is 36.4 Å². The van der Waals surface area contributed by atoms with E-state index >= 15 is 0 Å². The Balaban J connectivity index is 2.26. The first-order chi connectivity index (χ1) is 13.9. The highest BCUT2D eigenvalue weighted by molar-refractivity contribution is 5.95. The van der Waals surface area contributed by atoms with Gasteiger partial charge in [0.05, 0.1) is 5.56 Å². The lowest BCUT2D eigenvalue weighted by atomic mass is 9.99. The van der Waals surface area contributed by atoms with Gasteiger partial charge in [0, 0.05) is 17.5 Å². The number of hydrogen-bond donors (Lipinski definition) is 4. The van der Waals surface area contributed by atoms with E-state index in [1.807, 2.05) is 0 Å². The van der Waals surface area contributed by atoms with Crippen molar-refractivity contribution in [2.24, 2.45) is 0 Å². The number of nitrogens with one attached hydrogen (secondary N) is 3. The molecule has 30 heavy (non-hydrogen) atoms. The van der Waals surface area contributed by atoms with Crippen LogP contribution in [-0.2, 0) is 17.3 Å². The summed E-state index contributed by atoms with van der Waals surface area (Å²) in [5, 5.41) is 19.0. The number of carbonyl (C=O) groups is 1. The minimum absolute atomic E-state index is 0.179. The van der Waals surface area contributed by atoms with Gasteiger partial charge in [0.1, 0.15) is 11.9 Å². The Hall–Kier alpha value is -3.07. The fourth-order valence-electron chi connectivity index (χ4n) is 2.67. The van der Waals surface area contributed by atoms with E-state index in [1.54, 1.807) is 50.5 Å². The van der Waals surface area contributed by atoms with Crippen LogP contribution in [-0.4, -0.2) is 22.7 Å². The van der Waals surface area contributed by atoms with Gasteiger partial charge in [-0.2, -0.15) is 13.2 Å². The predicted molar refractivity (Wildman–Crippen MR) is 105 cm³/mol. The van der Waals surface area contributed by atoms with Crippen molar-refractivity contribution < 1.29 is 27.9 Å². The molecule has 6 nitrogen and oxygen atoms in total. The second-order valence-corrected chi connectivity index (χ2v) is 7.78. The molecule has 0 bridgehead atoms. The average Bonchev–Trinajstić information content (AvgIpc) is 2.65. The van der Waals surface area contributed by atoms with E-state index in [4.69, 9.17) is 15.4 Å². The van der Waals surface area contributed by atoms with Gasteiger partial charge in [0.25, 0.3) is 0 Å². The monoisotopic (exact) mass is 423 g/mol. The molecule has 9 heteroatoms. The minimum Gasteiger partial charge on any atom is -0.441 e. The summed E-state index contributed by atoms with van der Waals surface area (Å²) in [6.07, 6.45) is -5.76. The Kier molecular flexibility index (Phi) is 7.09. The zero-order valence-corrected chi connectivity index (χ0v) is 16.8. The van der Waals surface area contributed by atoms with Crippen LogP contribution in [0.15, 0.2) is 48.5 Å². The molecule has 0 saturated heterocycles. The Morgan fingerprint density at radius 2 is 1.63 bits per heavy atom. The molecule has 2 rings (SSSR count). The Bertz CT molecular complexity index is 874. The number of amides is 1. The highest BCUT2D eigenvalue weighted by atomic mass is 19.4. The highest BCUT2D eigenvalue weighted by Gasteiger charge is 2.30. The summed E-state index contributed by atoms with van der Waals surface area (Å²) in [5.41, 5.74) is 2.01. The van der Waals surface area contributed by atoms with Crippen molar-refractivity contribution in [2.45, 2.75) is 45.0 Å². The third kappa shape index (κ3) is 6.77. The van der Waals surface area contributed by atoms with E-state index in [0.29, 0.717) is 11.1 Å². The number of carbonyl (C=O) groups excluding carboxylic acids is 1. The fraction of sp³-hybridized carbons (Fsp3) is 0.333. The smallest absolute Gasteiger partial charge is 0.416 e. The summed E-state index contributed by atoms with van der Waals surface area (Å²) in [6.45, 7) is 5.35. The second-order valence-electron chi connectivity index (χ2n) is 7.78. The van der Waals surface area contributed by atoms with Crippen LogP contribution in [0.5, 0.6) is 0 Å². The molecule has 1 amide bonds. The second kappa shape index (κ2) is 9.17. The van der Waals surface area contributed by atoms with Gasteiger partial charge in [-0.05, 0) is 44.0 Å². The van der Waals surface area contributed by atoms with Crippen LogP contribution in [0.25, 0.3) is 0 Å². The average molecular weight is 423 g/mol. The van der Waals surface area contributed by atoms with Crippen LogP contribution in [0.3, 0.4) is 0 Å². The molecule has 1 unspecified atom stereocenters. The largest absolute Gasteiger partial charge is 0.441 e. The molecule has 2 aromatic carbocycles. The van der Waals surface area contributed by atoms with E-state index in [-0.39, 0.29) is 12.3 Å². The van der Waals surface area contributed by atoms with Crippen molar-refractivity contribution in [3.05, 3.63) is 70.8 Å². The number of rotatable bonds is 5. The van der Waals surface area contributed by atoms with Crippen LogP contribution in [0.1, 0.15) is 49.1 Å². The maximum Gasteiger partial charge on any atom is 0.416 e. The lowest BCUT2D eigenvalue weighted by Gasteiger charge is -2.24. The number of halogens is 3. The summed E-state index contributed by atoms with van der Waals surface area (Å²) in [5.74, 6) is -0.179. The summed E-state index contributed by atoms with van der Waals surface area (Å²) in [4.78, 5) is 12.3. The molecule has 0 aliphatic carbocycles. The van der Waals surface area contributed by atoms with Crippen molar-refractivity contribution in [1.82, 2.24) is 10.8 Å². The first kappa shape index (κ1) is 23.2. The Labute approximate surface area is 172 Å². The molecule has 0 aliphatic rings. The van der Waals surface area contributed by atoms with E-state index in [0.717, 1.165) is 17.7 Å². The SMILES string of the molecule is CC(C)(C)NC(=O)OC(Cc1ccc(C(=N)NO)cc1)c1ccc(C(F)(F)F)cc1. The van der Waals surface area contributed by atoms with Gasteiger partial charge in [-0.15, -0.1) is 0 Å². The molecule has 0 aromatic heterocycles. The van der Waals surface area contributed by atoms with E-state index in [9.17, 15) is 18.0 Å². The zero-order chi connectivity index (χ0) is 22.5. The molecule has 0 aliphatic heterocycles. The quantitative estimate of drug-likeness (QED) is 0.315. The summed E-state index contributed by atoms with van der Waals surface area (Å²) in [6, 6.07) is 11.0. The standard InChI is InChI=1S/C21H24F3N3O3/c1-20(2,3)26-19(28)30-17(14-8-10-16(11-9-14)21(22,23)24)12-13-4-6-15(7-5-13)18(25)27-29/h4-11,17,29H,12H2,1-3H3,(H2,25,27)(H,26,28).